The standard InChI is InChI=1S/C29H31ClF3N3O4S/c1-4-25(28(38)34-5-2)35(18-21-12-10-9-11-20(21)3)27(37)19-36(41(39,40)23-13-7-6-8-14-23)26-17-22(29(31,32)33)15-16-24(26)30/h6-17,25H,4-5,18-19H2,1-3H3,(H,34,38). The Labute approximate surface area is 243 Å². The van der Waals surface area contributed by atoms with Crippen LogP contribution >= 0.6 is 11.6 Å². The zero-order chi connectivity index (χ0) is 30.4. The van der Waals surface area contributed by atoms with Crippen LogP contribution in [0.1, 0.15) is 37.0 Å². The van der Waals surface area contributed by atoms with Crippen molar-refractivity contribution in [1.82, 2.24) is 10.2 Å². The van der Waals surface area contributed by atoms with E-state index in [1.54, 1.807) is 32.0 Å². The number of nitrogens with zero attached hydrogens (tertiary/aromatic N) is 2. The van der Waals surface area contributed by atoms with E-state index in [9.17, 15) is 31.2 Å². The van der Waals surface area contributed by atoms with E-state index in [0.717, 1.165) is 23.3 Å². The number of hydrogen-bond donors (Lipinski definition) is 1. The molecular weight excluding hydrogens is 579 g/mol. The number of carbonyl (C=O) groups is 2. The molecule has 1 atom stereocenters. The highest BCUT2D eigenvalue weighted by molar-refractivity contribution is 7.92. The average Bonchev–Trinajstić information content (AvgIpc) is 2.93. The molecule has 12 heteroatoms. The van der Waals surface area contributed by atoms with Gasteiger partial charge in [-0.1, -0.05) is 61.0 Å². The Morgan fingerprint density at radius 2 is 1.61 bits per heavy atom. The van der Waals surface area contributed by atoms with Crippen molar-refractivity contribution in [2.24, 2.45) is 0 Å². The van der Waals surface area contributed by atoms with Crippen LogP contribution < -0.4 is 9.62 Å². The highest BCUT2D eigenvalue weighted by Gasteiger charge is 2.37. The summed E-state index contributed by atoms with van der Waals surface area (Å²) in [6.07, 6.45) is -4.59. The Hall–Kier alpha value is -3.57. The summed E-state index contributed by atoms with van der Waals surface area (Å²) < 4.78 is 69.1. The molecule has 0 aliphatic carbocycles. The largest absolute Gasteiger partial charge is 0.416 e. The second-order valence-corrected chi connectivity index (χ2v) is 11.5. The number of carbonyl (C=O) groups excluding carboxylic acids is 2. The molecule has 3 aromatic carbocycles. The van der Waals surface area contributed by atoms with E-state index < -0.39 is 51.9 Å². The third-order valence-corrected chi connectivity index (χ3v) is 8.58. The minimum Gasteiger partial charge on any atom is -0.355 e. The number of aryl methyl sites for hydroxylation is 1. The lowest BCUT2D eigenvalue weighted by Gasteiger charge is -2.33. The molecule has 0 radical (unpaired) electrons. The first kappa shape index (κ1) is 32.0. The van der Waals surface area contributed by atoms with Gasteiger partial charge < -0.3 is 10.2 Å². The molecule has 1 unspecified atom stereocenters. The Bertz CT molecular complexity index is 1480. The summed E-state index contributed by atoms with van der Waals surface area (Å²) in [5, 5.41) is 2.40. The second kappa shape index (κ2) is 13.4. The molecule has 0 spiro atoms. The first-order valence-corrected chi connectivity index (χ1v) is 14.7. The maximum Gasteiger partial charge on any atom is 0.416 e. The minimum absolute atomic E-state index is 0.0311. The summed E-state index contributed by atoms with van der Waals surface area (Å²) in [5.74, 6) is -1.23. The van der Waals surface area contributed by atoms with Crippen molar-refractivity contribution < 1.29 is 31.2 Å². The van der Waals surface area contributed by atoms with Crippen molar-refractivity contribution in [2.45, 2.75) is 50.9 Å². The van der Waals surface area contributed by atoms with Crippen molar-refractivity contribution in [3.63, 3.8) is 0 Å². The lowest BCUT2D eigenvalue weighted by Crippen LogP contribution is -2.52. The predicted octanol–water partition coefficient (Wildman–Crippen LogP) is 5.81. The van der Waals surface area contributed by atoms with Crippen LogP contribution in [0, 0.1) is 6.92 Å². The summed E-state index contributed by atoms with van der Waals surface area (Å²) >= 11 is 6.27. The highest BCUT2D eigenvalue weighted by atomic mass is 35.5. The Morgan fingerprint density at radius 3 is 2.20 bits per heavy atom. The fourth-order valence-electron chi connectivity index (χ4n) is 4.30. The molecule has 0 fully saturated rings. The zero-order valence-electron chi connectivity index (χ0n) is 22.8. The topological polar surface area (TPSA) is 86.8 Å². The van der Waals surface area contributed by atoms with Crippen molar-refractivity contribution in [1.29, 1.82) is 0 Å². The molecule has 3 rings (SSSR count). The maximum atomic E-state index is 14.0. The van der Waals surface area contributed by atoms with Crippen LogP contribution in [0.3, 0.4) is 0 Å². The number of anilines is 1. The molecule has 0 aliphatic rings. The van der Waals surface area contributed by atoms with Gasteiger partial charge in [-0.3, -0.25) is 13.9 Å². The summed E-state index contributed by atoms with van der Waals surface area (Å²) in [5.41, 5.74) is -0.0902. The second-order valence-electron chi connectivity index (χ2n) is 9.26. The SMILES string of the molecule is CCNC(=O)C(CC)N(Cc1ccccc1C)C(=O)CN(c1cc(C(F)(F)F)ccc1Cl)S(=O)(=O)c1ccccc1. The maximum absolute atomic E-state index is 14.0. The van der Waals surface area contributed by atoms with Gasteiger partial charge in [0.15, 0.2) is 0 Å². The lowest BCUT2D eigenvalue weighted by atomic mass is 10.1. The van der Waals surface area contributed by atoms with Gasteiger partial charge in [-0.15, -0.1) is 0 Å². The summed E-state index contributed by atoms with van der Waals surface area (Å²) in [7, 11) is -4.58. The van der Waals surface area contributed by atoms with Gasteiger partial charge in [-0.05, 0) is 61.7 Å². The first-order valence-electron chi connectivity index (χ1n) is 12.9. The van der Waals surface area contributed by atoms with Gasteiger partial charge in [-0.2, -0.15) is 13.2 Å². The van der Waals surface area contributed by atoms with Crippen molar-refractivity contribution in [3.8, 4) is 0 Å². The first-order chi connectivity index (χ1) is 19.3. The monoisotopic (exact) mass is 609 g/mol. The molecular formula is C29H31ClF3N3O4S. The zero-order valence-corrected chi connectivity index (χ0v) is 24.4. The van der Waals surface area contributed by atoms with E-state index in [1.165, 1.54) is 29.2 Å². The summed E-state index contributed by atoms with van der Waals surface area (Å²) in [4.78, 5) is 28.0. The molecule has 0 bridgehead atoms. The number of sulfonamides is 1. The number of rotatable bonds is 11. The fourth-order valence-corrected chi connectivity index (χ4v) is 6.01. The van der Waals surface area contributed by atoms with Crippen LogP contribution in [0.25, 0.3) is 0 Å². The van der Waals surface area contributed by atoms with Crippen LogP contribution in [0.15, 0.2) is 77.7 Å². The van der Waals surface area contributed by atoms with E-state index in [1.807, 2.05) is 19.1 Å². The number of nitrogens with one attached hydrogen (secondary N) is 1. The number of amides is 2. The van der Waals surface area contributed by atoms with Crippen LogP contribution in [-0.2, 0) is 32.3 Å². The third-order valence-electron chi connectivity index (χ3n) is 6.49. The average molecular weight is 610 g/mol. The Morgan fingerprint density at radius 1 is 0.976 bits per heavy atom. The molecule has 0 heterocycles. The molecule has 41 heavy (non-hydrogen) atoms. The van der Waals surface area contributed by atoms with Gasteiger partial charge >= 0.3 is 6.18 Å². The lowest BCUT2D eigenvalue weighted by molar-refractivity contribution is -0.140. The molecule has 0 aliphatic heterocycles. The molecule has 1 N–H and O–H groups in total. The van der Waals surface area contributed by atoms with E-state index in [4.69, 9.17) is 11.6 Å². The quantitative estimate of drug-likeness (QED) is 0.297. The number of alkyl halides is 3. The van der Waals surface area contributed by atoms with Gasteiger partial charge in [0.25, 0.3) is 10.0 Å². The number of benzene rings is 3. The number of hydrogen-bond acceptors (Lipinski definition) is 4. The minimum atomic E-state index is -4.80. The van der Waals surface area contributed by atoms with E-state index >= 15 is 0 Å². The summed E-state index contributed by atoms with van der Waals surface area (Å²) in [6, 6.07) is 15.5. The Kier molecular flexibility index (Phi) is 10.4. The van der Waals surface area contributed by atoms with Gasteiger partial charge in [0.05, 0.1) is 21.2 Å². The number of likely N-dealkylation sites (N-methyl/N-ethyl adjacent to an activating group) is 1. The predicted molar refractivity (Wildman–Crippen MR) is 152 cm³/mol. The van der Waals surface area contributed by atoms with Gasteiger partial charge in [0, 0.05) is 13.1 Å². The van der Waals surface area contributed by atoms with Crippen molar-refractivity contribution in [2.75, 3.05) is 17.4 Å². The van der Waals surface area contributed by atoms with E-state index in [2.05, 4.69) is 5.32 Å². The van der Waals surface area contributed by atoms with Crippen LogP contribution in [0.5, 0.6) is 0 Å². The van der Waals surface area contributed by atoms with E-state index in [0.29, 0.717) is 16.9 Å². The molecule has 0 saturated carbocycles. The summed E-state index contributed by atoms with van der Waals surface area (Å²) in [6.45, 7) is 4.63. The molecule has 2 amide bonds. The van der Waals surface area contributed by atoms with Gasteiger partial charge in [-0.25, -0.2) is 8.42 Å². The highest BCUT2D eigenvalue weighted by Crippen LogP contribution is 2.37. The molecule has 220 valence electrons. The van der Waals surface area contributed by atoms with E-state index in [-0.39, 0.29) is 22.9 Å². The Balaban J connectivity index is 2.17. The molecule has 7 nitrogen and oxygen atoms in total. The third kappa shape index (κ3) is 7.59. The fraction of sp³-hybridized carbons (Fsp3) is 0.310. The smallest absolute Gasteiger partial charge is 0.355 e. The molecule has 0 aromatic heterocycles. The number of halogens is 4. The van der Waals surface area contributed by atoms with Crippen molar-refractivity contribution >= 4 is 39.1 Å². The van der Waals surface area contributed by atoms with Crippen LogP contribution in [-0.4, -0.2) is 44.3 Å². The van der Waals surface area contributed by atoms with Gasteiger partial charge in [0.1, 0.15) is 12.6 Å². The van der Waals surface area contributed by atoms with Crippen LogP contribution in [0.2, 0.25) is 5.02 Å². The normalized spacial score (nSPS) is 12.5. The van der Waals surface area contributed by atoms with Gasteiger partial charge in [0.2, 0.25) is 11.8 Å². The van der Waals surface area contributed by atoms with Crippen molar-refractivity contribution in [3.05, 3.63) is 94.5 Å². The van der Waals surface area contributed by atoms with Crippen LogP contribution in [0.4, 0.5) is 18.9 Å². The molecule has 3 aromatic rings. The molecule has 0 saturated heterocycles.